The van der Waals surface area contributed by atoms with Crippen LogP contribution in [0.5, 0.6) is 11.5 Å². The summed E-state index contributed by atoms with van der Waals surface area (Å²) in [5.74, 6) is -0.526. The molecule has 0 amide bonds. The third-order valence-electron chi connectivity index (χ3n) is 3.90. The van der Waals surface area contributed by atoms with Crippen LogP contribution in [0.3, 0.4) is 0 Å². The van der Waals surface area contributed by atoms with Gasteiger partial charge in [-0.25, -0.2) is 4.98 Å². The zero-order chi connectivity index (χ0) is 22.1. The Morgan fingerprint density at radius 3 is 2.33 bits per heavy atom. The molecule has 0 unspecified atom stereocenters. The first-order valence-electron chi connectivity index (χ1n) is 8.07. The van der Waals surface area contributed by atoms with Gasteiger partial charge in [-0.05, 0) is 30.3 Å². The second-order valence-corrected chi connectivity index (χ2v) is 5.86. The fraction of sp³-hybridized carbons (Fsp3) is 0.0556. The minimum Gasteiger partial charge on any atom is -0.457 e. The molecule has 4 N–H and O–H groups in total. The van der Waals surface area contributed by atoms with Crippen LogP contribution in [0.25, 0.3) is 11.3 Å². The van der Waals surface area contributed by atoms with Gasteiger partial charge in [-0.15, -0.1) is 0 Å². The Kier molecular flexibility index (Phi) is 5.12. The molecule has 0 saturated heterocycles. The monoisotopic (exact) mass is 416 g/mol. The largest absolute Gasteiger partial charge is 0.457 e. The molecule has 3 aromatic rings. The molecule has 1 heterocycles. The lowest BCUT2D eigenvalue weighted by Gasteiger charge is -2.13. The van der Waals surface area contributed by atoms with Crippen molar-refractivity contribution in [2.24, 2.45) is 0 Å². The van der Waals surface area contributed by atoms with Gasteiger partial charge in [-0.1, -0.05) is 0 Å². The number of anilines is 2. The molecule has 0 spiro atoms. The van der Waals surface area contributed by atoms with E-state index in [4.69, 9.17) is 16.2 Å². The fourth-order valence-corrected chi connectivity index (χ4v) is 2.55. The lowest BCUT2D eigenvalue weighted by atomic mass is 10.0. The van der Waals surface area contributed by atoms with Gasteiger partial charge in [0, 0.05) is 12.1 Å². The number of ether oxygens (including phenoxy) is 1. The van der Waals surface area contributed by atoms with E-state index < -0.39 is 16.7 Å². The molecule has 152 valence electrons. The Morgan fingerprint density at radius 1 is 1.10 bits per heavy atom. The Balaban J connectivity index is 2.13. The van der Waals surface area contributed by atoms with E-state index in [-0.39, 0.29) is 45.8 Å². The molecule has 1 aromatic heterocycles. The number of hydrogen-bond acceptors (Lipinski definition) is 8. The minimum absolute atomic E-state index is 0.0125. The number of nitro benzene ring substituents is 1. The van der Waals surface area contributed by atoms with Crippen LogP contribution in [-0.2, 0) is 6.18 Å². The average molecular weight is 416 g/mol. The van der Waals surface area contributed by atoms with Gasteiger partial charge in [-0.3, -0.25) is 10.1 Å². The van der Waals surface area contributed by atoms with Gasteiger partial charge in [0.2, 0.25) is 5.95 Å². The van der Waals surface area contributed by atoms with Gasteiger partial charge in [0.15, 0.2) is 0 Å². The predicted octanol–water partition coefficient (Wildman–Crippen LogP) is 3.90. The molecule has 0 fully saturated rings. The fourth-order valence-electron chi connectivity index (χ4n) is 2.55. The van der Waals surface area contributed by atoms with Crippen LogP contribution in [-0.4, -0.2) is 14.9 Å². The van der Waals surface area contributed by atoms with Crippen LogP contribution in [0, 0.1) is 21.4 Å². The van der Waals surface area contributed by atoms with Crippen LogP contribution in [0.2, 0.25) is 0 Å². The van der Waals surface area contributed by atoms with Crippen molar-refractivity contribution in [1.82, 2.24) is 9.97 Å². The average Bonchev–Trinajstić information content (AvgIpc) is 2.67. The quantitative estimate of drug-likeness (QED) is 0.479. The smallest absolute Gasteiger partial charge is 0.416 e. The zero-order valence-corrected chi connectivity index (χ0v) is 14.8. The van der Waals surface area contributed by atoms with Gasteiger partial charge in [0.25, 0.3) is 5.69 Å². The van der Waals surface area contributed by atoms with Crippen LogP contribution >= 0.6 is 0 Å². The second-order valence-electron chi connectivity index (χ2n) is 5.86. The predicted molar refractivity (Wildman–Crippen MR) is 99.2 cm³/mol. The van der Waals surface area contributed by atoms with E-state index in [1.165, 1.54) is 6.07 Å². The summed E-state index contributed by atoms with van der Waals surface area (Å²) >= 11 is 0. The van der Waals surface area contributed by atoms with Crippen molar-refractivity contribution in [3.63, 3.8) is 0 Å². The van der Waals surface area contributed by atoms with E-state index in [0.29, 0.717) is 0 Å². The molecule has 9 nitrogen and oxygen atoms in total. The van der Waals surface area contributed by atoms with Gasteiger partial charge in [-0.2, -0.15) is 23.4 Å². The van der Waals surface area contributed by atoms with E-state index in [1.54, 1.807) is 6.07 Å². The number of hydrogen-bond donors (Lipinski definition) is 2. The first-order valence-corrected chi connectivity index (χ1v) is 8.07. The van der Waals surface area contributed by atoms with Gasteiger partial charge in [0.05, 0.1) is 21.7 Å². The Hall–Kier alpha value is -4.40. The number of rotatable bonds is 4. The molecule has 0 bridgehead atoms. The summed E-state index contributed by atoms with van der Waals surface area (Å²) in [4.78, 5) is 18.1. The number of aromatic nitrogens is 2. The summed E-state index contributed by atoms with van der Waals surface area (Å²) < 4.78 is 43.8. The summed E-state index contributed by atoms with van der Waals surface area (Å²) in [6.45, 7) is 0. The lowest BCUT2D eigenvalue weighted by Crippen LogP contribution is -2.06. The highest BCUT2D eigenvalue weighted by Crippen LogP contribution is 2.38. The molecular weight excluding hydrogens is 405 g/mol. The van der Waals surface area contributed by atoms with E-state index in [2.05, 4.69) is 9.97 Å². The van der Waals surface area contributed by atoms with E-state index in [0.717, 1.165) is 36.4 Å². The second kappa shape index (κ2) is 7.55. The summed E-state index contributed by atoms with van der Waals surface area (Å²) in [6.07, 6.45) is -4.52. The van der Waals surface area contributed by atoms with Crippen molar-refractivity contribution in [1.29, 1.82) is 5.26 Å². The Bertz CT molecular complexity index is 1170. The van der Waals surface area contributed by atoms with Crippen LogP contribution < -0.4 is 16.2 Å². The highest BCUT2D eigenvalue weighted by molar-refractivity contribution is 5.79. The highest BCUT2D eigenvalue weighted by Gasteiger charge is 2.30. The number of non-ortho nitro benzene ring substituents is 1. The van der Waals surface area contributed by atoms with Crippen molar-refractivity contribution in [3.05, 3.63) is 63.7 Å². The number of nitro groups is 1. The van der Waals surface area contributed by atoms with Gasteiger partial charge in [0.1, 0.15) is 28.9 Å². The normalized spacial score (nSPS) is 11.0. The molecule has 0 atom stereocenters. The molecule has 0 radical (unpaired) electrons. The molecule has 12 heteroatoms. The molecule has 0 aliphatic rings. The summed E-state index contributed by atoms with van der Waals surface area (Å²) in [7, 11) is 0. The molecule has 30 heavy (non-hydrogen) atoms. The maximum absolute atomic E-state index is 12.7. The molecule has 0 aliphatic heterocycles. The number of halogens is 3. The van der Waals surface area contributed by atoms with Crippen molar-refractivity contribution in [2.75, 3.05) is 11.5 Å². The van der Waals surface area contributed by atoms with Crippen molar-refractivity contribution in [3.8, 4) is 28.8 Å². The van der Waals surface area contributed by atoms with Gasteiger partial charge < -0.3 is 16.2 Å². The highest BCUT2D eigenvalue weighted by atomic mass is 19.4. The maximum atomic E-state index is 12.7. The topological polar surface area (TPSA) is 154 Å². The van der Waals surface area contributed by atoms with Crippen molar-refractivity contribution < 1.29 is 22.8 Å². The van der Waals surface area contributed by atoms with E-state index in [9.17, 15) is 28.5 Å². The number of nitrogen functional groups attached to an aromatic ring is 2. The van der Waals surface area contributed by atoms with Crippen LogP contribution in [0.15, 0.2) is 42.5 Å². The van der Waals surface area contributed by atoms with Crippen molar-refractivity contribution >= 4 is 17.5 Å². The maximum Gasteiger partial charge on any atom is 0.416 e. The number of alkyl halides is 3. The standard InChI is InChI=1S/C18H11F3N6O3/c19-18(20,21)9-1-4-11(5-2-9)30-14-6-3-10(27(28)29)7-12(14)15-13(8-22)16(23)26-17(24)25-15/h1-7H,(H4,23,24,25,26). The Morgan fingerprint density at radius 2 is 1.77 bits per heavy atom. The van der Waals surface area contributed by atoms with Gasteiger partial charge >= 0.3 is 6.18 Å². The minimum atomic E-state index is -4.52. The number of benzene rings is 2. The van der Waals surface area contributed by atoms with Crippen LogP contribution in [0.4, 0.5) is 30.6 Å². The molecule has 2 aromatic carbocycles. The van der Waals surface area contributed by atoms with E-state index in [1.807, 2.05) is 0 Å². The summed E-state index contributed by atoms with van der Waals surface area (Å²) in [5.41, 5.74) is 9.74. The van der Waals surface area contributed by atoms with E-state index >= 15 is 0 Å². The summed E-state index contributed by atoms with van der Waals surface area (Å²) in [6, 6.07) is 9.05. The third-order valence-corrected chi connectivity index (χ3v) is 3.90. The Labute approximate surface area is 166 Å². The first-order chi connectivity index (χ1) is 14.1. The van der Waals surface area contributed by atoms with Crippen molar-refractivity contribution in [2.45, 2.75) is 6.18 Å². The molecular formula is C18H11F3N6O3. The molecule has 0 saturated carbocycles. The zero-order valence-electron chi connectivity index (χ0n) is 14.8. The number of nitrogens with two attached hydrogens (primary N) is 2. The van der Waals surface area contributed by atoms with Crippen LogP contribution in [0.1, 0.15) is 11.1 Å². The number of nitrogens with zero attached hydrogens (tertiary/aromatic N) is 4. The molecule has 0 aliphatic carbocycles. The number of nitriles is 1. The third kappa shape index (κ3) is 4.04. The summed E-state index contributed by atoms with van der Waals surface area (Å²) in [5, 5.41) is 20.6. The molecule has 3 rings (SSSR count). The lowest BCUT2D eigenvalue weighted by molar-refractivity contribution is -0.384. The first kappa shape index (κ1) is 20.3. The SMILES string of the molecule is N#Cc1c(N)nc(N)nc1-c1cc([N+](=O)[O-])ccc1Oc1ccc(C(F)(F)F)cc1.